The van der Waals surface area contributed by atoms with Crippen molar-refractivity contribution in [2.45, 2.75) is 31.2 Å². The highest BCUT2D eigenvalue weighted by molar-refractivity contribution is 7.99. The fourth-order valence-corrected chi connectivity index (χ4v) is 2.73. The van der Waals surface area contributed by atoms with Gasteiger partial charge in [-0.25, -0.2) is 4.39 Å². The summed E-state index contributed by atoms with van der Waals surface area (Å²) in [6.45, 7) is 4.46. The summed E-state index contributed by atoms with van der Waals surface area (Å²) in [5.41, 5.74) is 0. The molecule has 0 aliphatic carbocycles. The maximum Gasteiger partial charge on any atom is 0.123 e. The van der Waals surface area contributed by atoms with Gasteiger partial charge in [0.15, 0.2) is 0 Å². The van der Waals surface area contributed by atoms with Crippen molar-refractivity contribution in [1.82, 2.24) is 5.32 Å². The Morgan fingerprint density at radius 3 is 2.44 bits per heavy atom. The van der Waals surface area contributed by atoms with Crippen LogP contribution in [0.1, 0.15) is 20.3 Å². The van der Waals surface area contributed by atoms with E-state index in [0.717, 1.165) is 10.6 Å². The molecule has 2 atom stereocenters. The highest BCUT2D eigenvalue weighted by Gasteiger charge is 2.13. The largest absolute Gasteiger partial charge is 0.316 e. The number of benzene rings is 1. The Hall–Kier alpha value is -0.540. The van der Waals surface area contributed by atoms with Gasteiger partial charge in [-0.3, -0.25) is 0 Å². The molecule has 1 aromatic rings. The first-order valence-electron chi connectivity index (χ1n) is 5.73. The molecule has 0 amide bonds. The van der Waals surface area contributed by atoms with Gasteiger partial charge in [-0.15, -0.1) is 11.8 Å². The van der Waals surface area contributed by atoms with Crippen molar-refractivity contribution in [3.63, 3.8) is 0 Å². The molecule has 0 aliphatic rings. The molecule has 1 aromatic carbocycles. The van der Waals surface area contributed by atoms with Crippen LogP contribution in [0.15, 0.2) is 29.2 Å². The number of halogens is 1. The van der Waals surface area contributed by atoms with Crippen LogP contribution in [-0.2, 0) is 0 Å². The Kier molecular flexibility index (Phi) is 5.85. The molecule has 0 spiro atoms. The van der Waals surface area contributed by atoms with E-state index >= 15 is 0 Å². The van der Waals surface area contributed by atoms with Crippen LogP contribution in [0.25, 0.3) is 0 Å². The number of hydrogen-bond acceptors (Lipinski definition) is 2. The van der Waals surface area contributed by atoms with Crippen LogP contribution in [0.5, 0.6) is 0 Å². The second-order valence-electron chi connectivity index (χ2n) is 4.05. The summed E-state index contributed by atoms with van der Waals surface area (Å²) < 4.78 is 12.7. The van der Waals surface area contributed by atoms with Crippen LogP contribution in [0.4, 0.5) is 4.39 Å². The van der Waals surface area contributed by atoms with Gasteiger partial charge < -0.3 is 5.32 Å². The van der Waals surface area contributed by atoms with E-state index in [1.807, 2.05) is 19.2 Å². The lowest BCUT2D eigenvalue weighted by molar-refractivity contribution is 0.420. The third-order valence-corrected chi connectivity index (χ3v) is 4.08. The zero-order valence-corrected chi connectivity index (χ0v) is 11.0. The molecule has 0 aliphatic heterocycles. The number of hydrogen-bond donors (Lipinski definition) is 1. The van der Waals surface area contributed by atoms with Crippen LogP contribution >= 0.6 is 11.8 Å². The molecule has 2 unspecified atom stereocenters. The summed E-state index contributed by atoms with van der Waals surface area (Å²) in [5.74, 6) is 1.52. The molecule has 0 saturated carbocycles. The van der Waals surface area contributed by atoms with E-state index in [4.69, 9.17) is 0 Å². The molecular weight excluding hydrogens is 221 g/mol. The zero-order valence-electron chi connectivity index (χ0n) is 10.2. The van der Waals surface area contributed by atoms with E-state index in [1.54, 1.807) is 11.8 Å². The Morgan fingerprint density at radius 1 is 1.31 bits per heavy atom. The third-order valence-electron chi connectivity index (χ3n) is 2.94. The Balaban J connectivity index is 2.46. The van der Waals surface area contributed by atoms with Gasteiger partial charge in [0, 0.05) is 16.7 Å². The minimum Gasteiger partial charge on any atom is -0.316 e. The van der Waals surface area contributed by atoms with E-state index in [-0.39, 0.29) is 5.82 Å². The van der Waals surface area contributed by atoms with Crippen molar-refractivity contribution in [3.8, 4) is 0 Å². The molecule has 0 fully saturated rings. The molecule has 90 valence electrons. The standard InChI is InChI=1S/C13H20FNS/c1-4-10(2)13(15-3)9-16-12-7-5-11(14)6-8-12/h5-8,10,13,15H,4,9H2,1-3H3. The van der Waals surface area contributed by atoms with Gasteiger partial charge in [0.05, 0.1) is 0 Å². The fourth-order valence-electron chi connectivity index (χ4n) is 1.53. The lowest BCUT2D eigenvalue weighted by atomic mass is 10.0. The van der Waals surface area contributed by atoms with Crippen LogP contribution < -0.4 is 5.32 Å². The summed E-state index contributed by atoms with van der Waals surface area (Å²) in [6.07, 6.45) is 1.18. The Morgan fingerprint density at radius 2 is 1.94 bits per heavy atom. The van der Waals surface area contributed by atoms with E-state index in [0.29, 0.717) is 12.0 Å². The minimum atomic E-state index is -0.170. The quantitative estimate of drug-likeness (QED) is 0.764. The van der Waals surface area contributed by atoms with Gasteiger partial charge in [-0.05, 0) is 37.2 Å². The lowest BCUT2D eigenvalue weighted by Crippen LogP contribution is -2.34. The van der Waals surface area contributed by atoms with Gasteiger partial charge >= 0.3 is 0 Å². The average Bonchev–Trinajstić information content (AvgIpc) is 2.31. The predicted molar refractivity (Wildman–Crippen MR) is 69.4 cm³/mol. The zero-order chi connectivity index (χ0) is 12.0. The summed E-state index contributed by atoms with van der Waals surface area (Å²) in [7, 11) is 2.00. The number of thioether (sulfide) groups is 1. The molecule has 0 aromatic heterocycles. The minimum absolute atomic E-state index is 0.170. The van der Waals surface area contributed by atoms with Gasteiger partial charge in [-0.1, -0.05) is 20.3 Å². The smallest absolute Gasteiger partial charge is 0.123 e. The maximum absolute atomic E-state index is 12.7. The summed E-state index contributed by atoms with van der Waals surface area (Å²) in [5, 5.41) is 3.34. The molecule has 0 saturated heterocycles. The summed E-state index contributed by atoms with van der Waals surface area (Å²) in [4.78, 5) is 1.13. The van der Waals surface area contributed by atoms with Gasteiger partial charge in [0.25, 0.3) is 0 Å². The molecule has 3 heteroatoms. The number of rotatable bonds is 6. The highest BCUT2D eigenvalue weighted by atomic mass is 32.2. The highest BCUT2D eigenvalue weighted by Crippen LogP contribution is 2.21. The number of nitrogens with one attached hydrogen (secondary N) is 1. The van der Waals surface area contributed by atoms with Crippen molar-refractivity contribution in [2.75, 3.05) is 12.8 Å². The molecule has 16 heavy (non-hydrogen) atoms. The molecule has 0 radical (unpaired) electrons. The van der Waals surface area contributed by atoms with Crippen molar-refractivity contribution in [2.24, 2.45) is 5.92 Å². The lowest BCUT2D eigenvalue weighted by Gasteiger charge is -2.21. The molecular formula is C13H20FNS. The SMILES string of the molecule is CCC(C)C(CSc1ccc(F)cc1)NC. The molecule has 1 N–H and O–H groups in total. The normalized spacial score (nSPS) is 14.8. The van der Waals surface area contributed by atoms with Crippen LogP contribution in [-0.4, -0.2) is 18.8 Å². The third kappa shape index (κ3) is 4.14. The van der Waals surface area contributed by atoms with E-state index in [2.05, 4.69) is 19.2 Å². The van der Waals surface area contributed by atoms with E-state index in [1.165, 1.54) is 18.6 Å². The van der Waals surface area contributed by atoms with Crippen LogP contribution in [0.3, 0.4) is 0 Å². The van der Waals surface area contributed by atoms with Crippen molar-refractivity contribution < 1.29 is 4.39 Å². The molecule has 0 bridgehead atoms. The van der Waals surface area contributed by atoms with Crippen LogP contribution in [0, 0.1) is 11.7 Å². The van der Waals surface area contributed by atoms with Gasteiger partial charge in [0.2, 0.25) is 0 Å². The molecule has 1 rings (SSSR count). The van der Waals surface area contributed by atoms with Crippen LogP contribution in [0.2, 0.25) is 0 Å². The van der Waals surface area contributed by atoms with E-state index in [9.17, 15) is 4.39 Å². The first-order valence-corrected chi connectivity index (χ1v) is 6.71. The Bertz CT molecular complexity index is 299. The topological polar surface area (TPSA) is 12.0 Å². The summed E-state index contributed by atoms with van der Waals surface area (Å²) in [6, 6.07) is 7.21. The van der Waals surface area contributed by atoms with Crippen molar-refractivity contribution in [1.29, 1.82) is 0 Å². The monoisotopic (exact) mass is 241 g/mol. The second-order valence-corrected chi connectivity index (χ2v) is 5.14. The first kappa shape index (κ1) is 13.5. The van der Waals surface area contributed by atoms with Crippen molar-refractivity contribution in [3.05, 3.63) is 30.1 Å². The second kappa shape index (κ2) is 6.92. The van der Waals surface area contributed by atoms with Gasteiger partial charge in [-0.2, -0.15) is 0 Å². The van der Waals surface area contributed by atoms with E-state index < -0.39 is 0 Å². The Labute approximate surface area is 102 Å². The fraction of sp³-hybridized carbons (Fsp3) is 0.538. The average molecular weight is 241 g/mol. The molecule has 0 heterocycles. The van der Waals surface area contributed by atoms with Crippen molar-refractivity contribution >= 4 is 11.8 Å². The molecule has 1 nitrogen and oxygen atoms in total. The predicted octanol–water partition coefficient (Wildman–Crippen LogP) is 3.55. The summed E-state index contributed by atoms with van der Waals surface area (Å²) >= 11 is 1.78. The maximum atomic E-state index is 12.7. The first-order chi connectivity index (χ1) is 7.67. The van der Waals surface area contributed by atoms with Gasteiger partial charge in [0.1, 0.15) is 5.82 Å².